The second kappa shape index (κ2) is 6.77. The molecule has 1 saturated heterocycles. The van der Waals surface area contributed by atoms with Gasteiger partial charge in [-0.15, -0.1) is 0 Å². The van der Waals surface area contributed by atoms with E-state index in [4.69, 9.17) is 9.47 Å². The zero-order valence-corrected chi connectivity index (χ0v) is 13.1. The lowest BCUT2D eigenvalue weighted by atomic mass is 9.93. The first-order chi connectivity index (χ1) is 9.23. The van der Waals surface area contributed by atoms with Crippen molar-refractivity contribution in [2.75, 3.05) is 19.7 Å². The lowest BCUT2D eigenvalue weighted by Gasteiger charge is -2.34. The molecule has 5 nitrogen and oxygen atoms in total. The van der Waals surface area contributed by atoms with E-state index in [0.29, 0.717) is 26.1 Å². The third-order valence-corrected chi connectivity index (χ3v) is 3.04. The van der Waals surface area contributed by atoms with Gasteiger partial charge in [-0.05, 0) is 40.0 Å². The van der Waals surface area contributed by atoms with Crippen molar-refractivity contribution >= 4 is 12.1 Å². The smallest absolute Gasteiger partial charge is 0.410 e. The zero-order chi connectivity index (χ0) is 15.3. The minimum Gasteiger partial charge on any atom is -0.463 e. The van der Waals surface area contributed by atoms with Crippen molar-refractivity contribution in [3.63, 3.8) is 0 Å². The van der Waals surface area contributed by atoms with Crippen LogP contribution in [0.15, 0.2) is 11.6 Å². The maximum Gasteiger partial charge on any atom is 0.410 e. The number of piperidine rings is 1. The lowest BCUT2D eigenvalue weighted by molar-refractivity contribution is -0.137. The fourth-order valence-electron chi connectivity index (χ4n) is 2.09. The molecule has 5 heteroatoms. The predicted octanol–water partition coefficient (Wildman–Crippen LogP) is 2.75. The van der Waals surface area contributed by atoms with Crippen LogP contribution in [0.3, 0.4) is 0 Å². The number of amides is 1. The number of carbonyl (C=O) groups is 2. The molecule has 0 N–H and O–H groups in total. The number of hydrogen-bond donors (Lipinski definition) is 0. The van der Waals surface area contributed by atoms with Crippen molar-refractivity contribution in [3.05, 3.63) is 11.6 Å². The van der Waals surface area contributed by atoms with Gasteiger partial charge in [0, 0.05) is 19.2 Å². The molecule has 1 unspecified atom stereocenters. The molecule has 0 radical (unpaired) electrons. The Morgan fingerprint density at radius 2 is 2.05 bits per heavy atom. The molecule has 0 spiro atoms. The normalized spacial score (nSPS) is 21.8. The van der Waals surface area contributed by atoms with Crippen molar-refractivity contribution in [2.24, 2.45) is 5.92 Å². The summed E-state index contributed by atoms with van der Waals surface area (Å²) in [7, 11) is 0. The first-order valence-corrected chi connectivity index (χ1v) is 7.08. The summed E-state index contributed by atoms with van der Waals surface area (Å²) in [6.45, 7) is 10.9. The Labute approximate surface area is 120 Å². The number of ether oxygens (including phenoxy) is 2. The topological polar surface area (TPSA) is 55.8 Å². The van der Waals surface area contributed by atoms with Crippen molar-refractivity contribution < 1.29 is 19.1 Å². The molecule has 1 aliphatic heterocycles. The van der Waals surface area contributed by atoms with Crippen LogP contribution in [0.2, 0.25) is 0 Å². The third kappa shape index (κ3) is 5.23. The Morgan fingerprint density at radius 1 is 1.40 bits per heavy atom. The summed E-state index contributed by atoms with van der Waals surface area (Å²) in [5, 5.41) is 0. The Morgan fingerprint density at radius 3 is 2.55 bits per heavy atom. The Kier molecular flexibility index (Phi) is 5.60. The van der Waals surface area contributed by atoms with Crippen LogP contribution >= 0.6 is 0 Å². The van der Waals surface area contributed by atoms with E-state index in [1.165, 1.54) is 0 Å². The van der Waals surface area contributed by atoms with Gasteiger partial charge in [0.25, 0.3) is 0 Å². The van der Waals surface area contributed by atoms with E-state index in [1.807, 2.05) is 27.7 Å². The van der Waals surface area contributed by atoms with Gasteiger partial charge in [-0.25, -0.2) is 9.59 Å². The zero-order valence-electron chi connectivity index (χ0n) is 13.1. The highest BCUT2D eigenvalue weighted by molar-refractivity contribution is 5.83. The van der Waals surface area contributed by atoms with E-state index in [9.17, 15) is 9.59 Å². The Bertz CT molecular complexity index is 395. The number of rotatable bonds is 2. The Balaban J connectivity index is 2.59. The molecule has 0 saturated carbocycles. The van der Waals surface area contributed by atoms with Crippen molar-refractivity contribution in [1.82, 2.24) is 4.90 Å². The molecule has 1 amide bonds. The van der Waals surface area contributed by atoms with Gasteiger partial charge in [-0.2, -0.15) is 0 Å². The molecular weight excluding hydrogens is 258 g/mol. The van der Waals surface area contributed by atoms with Gasteiger partial charge in [-0.3, -0.25) is 0 Å². The third-order valence-electron chi connectivity index (χ3n) is 3.04. The van der Waals surface area contributed by atoms with E-state index in [1.54, 1.807) is 17.9 Å². The van der Waals surface area contributed by atoms with Crippen molar-refractivity contribution in [3.8, 4) is 0 Å². The standard InChI is InChI=1S/C15H25NO4/c1-6-19-13(17)9-12-7-8-16(10-11(12)2)14(18)20-15(3,4)5/h9,11H,6-8,10H2,1-5H3/b12-9-. The van der Waals surface area contributed by atoms with Gasteiger partial charge in [0.15, 0.2) is 0 Å². The van der Waals surface area contributed by atoms with Gasteiger partial charge < -0.3 is 14.4 Å². The van der Waals surface area contributed by atoms with Crippen LogP contribution in [-0.4, -0.2) is 42.3 Å². The molecule has 1 fully saturated rings. The summed E-state index contributed by atoms with van der Waals surface area (Å²) < 4.78 is 10.3. The van der Waals surface area contributed by atoms with E-state index in [0.717, 1.165) is 5.57 Å². The average molecular weight is 283 g/mol. The van der Waals surface area contributed by atoms with Gasteiger partial charge in [0.1, 0.15) is 5.60 Å². The molecule has 0 aliphatic carbocycles. The lowest BCUT2D eigenvalue weighted by Crippen LogP contribution is -2.43. The monoisotopic (exact) mass is 283 g/mol. The van der Waals surface area contributed by atoms with Crippen molar-refractivity contribution in [2.45, 2.75) is 46.6 Å². The van der Waals surface area contributed by atoms with Crippen LogP contribution < -0.4 is 0 Å². The molecule has 20 heavy (non-hydrogen) atoms. The quantitative estimate of drug-likeness (QED) is 0.577. The molecule has 1 aliphatic rings. The van der Waals surface area contributed by atoms with E-state index in [-0.39, 0.29) is 18.0 Å². The van der Waals surface area contributed by atoms with Gasteiger partial charge >= 0.3 is 12.1 Å². The van der Waals surface area contributed by atoms with Crippen molar-refractivity contribution in [1.29, 1.82) is 0 Å². The second-order valence-electron chi connectivity index (χ2n) is 6.05. The summed E-state index contributed by atoms with van der Waals surface area (Å²) in [6, 6.07) is 0. The molecule has 1 rings (SSSR count). The summed E-state index contributed by atoms with van der Waals surface area (Å²) >= 11 is 0. The molecule has 1 heterocycles. The minimum atomic E-state index is -0.485. The number of esters is 1. The Hall–Kier alpha value is -1.52. The highest BCUT2D eigenvalue weighted by Gasteiger charge is 2.28. The first kappa shape index (κ1) is 16.5. The number of carbonyl (C=O) groups excluding carboxylic acids is 2. The molecule has 0 aromatic carbocycles. The second-order valence-corrected chi connectivity index (χ2v) is 6.05. The fraction of sp³-hybridized carbons (Fsp3) is 0.733. The van der Waals surface area contributed by atoms with Crippen LogP contribution in [0.5, 0.6) is 0 Å². The molecule has 0 aromatic heterocycles. The van der Waals surface area contributed by atoms with Crippen LogP contribution in [0, 0.1) is 5.92 Å². The molecular formula is C15H25NO4. The largest absolute Gasteiger partial charge is 0.463 e. The fourth-order valence-corrected chi connectivity index (χ4v) is 2.09. The highest BCUT2D eigenvalue weighted by Crippen LogP contribution is 2.24. The number of nitrogens with zero attached hydrogens (tertiary/aromatic N) is 1. The molecule has 114 valence electrons. The summed E-state index contributed by atoms with van der Waals surface area (Å²) in [4.78, 5) is 25.1. The van der Waals surface area contributed by atoms with Gasteiger partial charge in [0.2, 0.25) is 0 Å². The highest BCUT2D eigenvalue weighted by atomic mass is 16.6. The summed E-state index contributed by atoms with van der Waals surface area (Å²) in [6.07, 6.45) is 1.94. The van der Waals surface area contributed by atoms with E-state index in [2.05, 4.69) is 0 Å². The predicted molar refractivity (Wildman–Crippen MR) is 76.3 cm³/mol. The van der Waals surface area contributed by atoms with Gasteiger partial charge in [0.05, 0.1) is 6.61 Å². The van der Waals surface area contributed by atoms with Crippen LogP contribution in [0.4, 0.5) is 4.79 Å². The van der Waals surface area contributed by atoms with Gasteiger partial charge in [-0.1, -0.05) is 12.5 Å². The maximum atomic E-state index is 12.0. The maximum absolute atomic E-state index is 12.0. The average Bonchev–Trinajstić information content (AvgIpc) is 2.29. The van der Waals surface area contributed by atoms with Crippen LogP contribution in [-0.2, 0) is 14.3 Å². The number of likely N-dealkylation sites (tertiary alicyclic amines) is 1. The molecule has 1 atom stereocenters. The van der Waals surface area contributed by atoms with E-state index >= 15 is 0 Å². The SMILES string of the molecule is CCOC(=O)/C=C1/CCN(C(=O)OC(C)(C)C)CC1C. The summed E-state index contributed by atoms with van der Waals surface area (Å²) in [5.41, 5.74) is 0.546. The van der Waals surface area contributed by atoms with E-state index < -0.39 is 5.60 Å². The van der Waals surface area contributed by atoms with Crippen LogP contribution in [0.1, 0.15) is 41.0 Å². The molecule has 0 aromatic rings. The molecule has 0 bridgehead atoms. The summed E-state index contributed by atoms with van der Waals surface area (Å²) in [5.74, 6) is -0.166. The number of hydrogen-bond acceptors (Lipinski definition) is 4. The minimum absolute atomic E-state index is 0.140. The van der Waals surface area contributed by atoms with Crippen LogP contribution in [0.25, 0.3) is 0 Å². The first-order valence-electron chi connectivity index (χ1n) is 7.08.